The molecule has 2 aromatic rings. The Balaban J connectivity index is 2.24. The molecule has 3 rings (SSSR count). The number of rotatable bonds is 2. The van der Waals surface area contributed by atoms with E-state index in [2.05, 4.69) is 5.32 Å². The Kier molecular flexibility index (Phi) is 4.05. The SMILES string of the molecule is O=C1Nc2cc(Cl)ccc2N(C(=O)CCCl)c2ccccc21. The maximum Gasteiger partial charge on any atom is 0.257 e. The van der Waals surface area contributed by atoms with Gasteiger partial charge in [-0.2, -0.15) is 0 Å². The molecule has 2 aromatic carbocycles. The van der Waals surface area contributed by atoms with Gasteiger partial charge < -0.3 is 5.32 Å². The summed E-state index contributed by atoms with van der Waals surface area (Å²) in [6.07, 6.45) is 0.173. The van der Waals surface area contributed by atoms with Crippen LogP contribution < -0.4 is 10.2 Å². The quantitative estimate of drug-likeness (QED) is 0.836. The van der Waals surface area contributed by atoms with Crippen molar-refractivity contribution in [1.29, 1.82) is 0 Å². The number of hydrogen-bond acceptors (Lipinski definition) is 2. The molecule has 0 fully saturated rings. The molecule has 1 aliphatic heterocycles. The van der Waals surface area contributed by atoms with E-state index in [9.17, 15) is 9.59 Å². The van der Waals surface area contributed by atoms with Crippen LogP contribution in [-0.4, -0.2) is 17.7 Å². The molecular formula is C16H12Cl2N2O2. The third-order valence-electron chi connectivity index (χ3n) is 3.40. The lowest BCUT2D eigenvalue weighted by molar-refractivity contribution is -0.117. The summed E-state index contributed by atoms with van der Waals surface area (Å²) >= 11 is 11.7. The molecule has 0 aliphatic carbocycles. The molecule has 0 bridgehead atoms. The molecule has 2 amide bonds. The van der Waals surface area contributed by atoms with Crippen molar-refractivity contribution in [2.24, 2.45) is 0 Å². The predicted octanol–water partition coefficient (Wildman–Crippen LogP) is 4.20. The van der Waals surface area contributed by atoms with Crippen LogP contribution >= 0.6 is 23.2 Å². The molecule has 0 saturated carbocycles. The van der Waals surface area contributed by atoms with Gasteiger partial charge in [0.2, 0.25) is 5.91 Å². The smallest absolute Gasteiger partial charge is 0.257 e. The highest BCUT2D eigenvalue weighted by atomic mass is 35.5. The number of para-hydroxylation sites is 1. The van der Waals surface area contributed by atoms with Gasteiger partial charge in [-0.1, -0.05) is 23.7 Å². The molecule has 0 saturated heterocycles. The average Bonchev–Trinajstić information content (AvgIpc) is 2.61. The largest absolute Gasteiger partial charge is 0.320 e. The van der Waals surface area contributed by atoms with E-state index in [1.165, 1.54) is 4.90 Å². The second-order valence-corrected chi connectivity index (χ2v) is 5.62. The van der Waals surface area contributed by atoms with E-state index in [4.69, 9.17) is 23.2 Å². The lowest BCUT2D eigenvalue weighted by Gasteiger charge is -2.23. The number of nitrogens with zero attached hydrogens (tertiary/aromatic N) is 1. The van der Waals surface area contributed by atoms with Gasteiger partial charge in [0, 0.05) is 17.3 Å². The van der Waals surface area contributed by atoms with Crippen LogP contribution in [0.1, 0.15) is 16.8 Å². The molecule has 112 valence electrons. The van der Waals surface area contributed by atoms with E-state index in [-0.39, 0.29) is 24.1 Å². The summed E-state index contributed by atoms with van der Waals surface area (Å²) in [6, 6.07) is 12.0. The number of halogens is 2. The van der Waals surface area contributed by atoms with Gasteiger partial charge in [-0.05, 0) is 30.3 Å². The van der Waals surface area contributed by atoms with Crippen LogP contribution in [0.5, 0.6) is 0 Å². The number of hydrogen-bond donors (Lipinski definition) is 1. The summed E-state index contributed by atoms with van der Waals surface area (Å²) in [5, 5.41) is 3.28. The molecule has 1 heterocycles. The van der Waals surface area contributed by atoms with E-state index in [0.29, 0.717) is 27.6 Å². The van der Waals surface area contributed by atoms with Crippen molar-refractivity contribution >= 4 is 52.1 Å². The van der Waals surface area contributed by atoms with Gasteiger partial charge in [-0.3, -0.25) is 14.5 Å². The van der Waals surface area contributed by atoms with E-state index < -0.39 is 0 Å². The maximum atomic E-state index is 12.5. The van der Waals surface area contributed by atoms with Crippen molar-refractivity contribution in [2.45, 2.75) is 6.42 Å². The number of benzene rings is 2. The van der Waals surface area contributed by atoms with Crippen LogP contribution in [0, 0.1) is 0 Å². The fourth-order valence-electron chi connectivity index (χ4n) is 2.44. The van der Waals surface area contributed by atoms with Crippen LogP contribution in [0.2, 0.25) is 5.02 Å². The summed E-state index contributed by atoms with van der Waals surface area (Å²) < 4.78 is 0. The zero-order valence-electron chi connectivity index (χ0n) is 11.5. The minimum Gasteiger partial charge on any atom is -0.320 e. The minimum atomic E-state index is -0.278. The maximum absolute atomic E-state index is 12.5. The second kappa shape index (κ2) is 5.99. The topological polar surface area (TPSA) is 49.4 Å². The predicted molar refractivity (Wildman–Crippen MR) is 88.3 cm³/mol. The van der Waals surface area contributed by atoms with Gasteiger partial charge in [0.25, 0.3) is 5.91 Å². The van der Waals surface area contributed by atoms with Crippen LogP contribution in [0.25, 0.3) is 0 Å². The summed E-state index contributed by atoms with van der Waals surface area (Å²) in [5.41, 5.74) is 2.04. The van der Waals surface area contributed by atoms with Gasteiger partial charge in [-0.15, -0.1) is 11.6 Å². The highest BCUT2D eigenvalue weighted by Gasteiger charge is 2.28. The van der Waals surface area contributed by atoms with E-state index in [0.717, 1.165) is 0 Å². The van der Waals surface area contributed by atoms with Crippen molar-refractivity contribution in [1.82, 2.24) is 0 Å². The van der Waals surface area contributed by atoms with Gasteiger partial charge in [0.05, 0.1) is 22.6 Å². The fourth-order valence-corrected chi connectivity index (χ4v) is 2.78. The third-order valence-corrected chi connectivity index (χ3v) is 3.82. The number of anilines is 3. The Morgan fingerprint density at radius 2 is 1.91 bits per heavy atom. The highest BCUT2D eigenvalue weighted by molar-refractivity contribution is 6.31. The van der Waals surface area contributed by atoms with Crippen LogP contribution in [0.3, 0.4) is 0 Å². The first kappa shape index (κ1) is 14.9. The number of nitrogens with one attached hydrogen (secondary N) is 1. The first-order valence-corrected chi connectivity index (χ1v) is 7.62. The lowest BCUT2D eigenvalue weighted by atomic mass is 10.1. The Labute approximate surface area is 137 Å². The summed E-state index contributed by atoms with van der Waals surface area (Å²) in [6.45, 7) is 0. The molecule has 0 atom stereocenters. The lowest BCUT2D eigenvalue weighted by Crippen LogP contribution is -2.26. The second-order valence-electron chi connectivity index (χ2n) is 4.80. The molecule has 4 nitrogen and oxygen atoms in total. The zero-order chi connectivity index (χ0) is 15.7. The van der Waals surface area contributed by atoms with Gasteiger partial charge >= 0.3 is 0 Å². The molecule has 22 heavy (non-hydrogen) atoms. The van der Waals surface area contributed by atoms with Crippen LogP contribution in [0.4, 0.5) is 17.1 Å². The summed E-state index contributed by atoms with van der Waals surface area (Å²) in [4.78, 5) is 26.4. The van der Waals surface area contributed by atoms with Gasteiger partial charge in [0.15, 0.2) is 0 Å². The summed E-state index contributed by atoms with van der Waals surface area (Å²) in [7, 11) is 0. The first-order chi connectivity index (χ1) is 10.6. The Bertz CT molecular complexity index is 762. The molecule has 0 radical (unpaired) electrons. The molecule has 0 unspecified atom stereocenters. The number of alkyl halides is 1. The zero-order valence-corrected chi connectivity index (χ0v) is 13.0. The molecule has 1 aliphatic rings. The number of carbonyl (C=O) groups excluding carboxylic acids is 2. The molecule has 6 heteroatoms. The van der Waals surface area contributed by atoms with Crippen LogP contribution in [-0.2, 0) is 4.79 Å². The number of amides is 2. The van der Waals surface area contributed by atoms with E-state index in [1.807, 2.05) is 0 Å². The third kappa shape index (κ3) is 2.56. The molecule has 0 spiro atoms. The van der Waals surface area contributed by atoms with Gasteiger partial charge in [0.1, 0.15) is 0 Å². The fraction of sp³-hybridized carbons (Fsp3) is 0.125. The van der Waals surface area contributed by atoms with E-state index >= 15 is 0 Å². The minimum absolute atomic E-state index is 0.173. The van der Waals surface area contributed by atoms with Crippen molar-refractivity contribution in [3.8, 4) is 0 Å². The number of fused-ring (bicyclic) bond motifs is 2. The highest BCUT2D eigenvalue weighted by Crippen LogP contribution is 2.39. The Morgan fingerprint density at radius 3 is 2.68 bits per heavy atom. The molecule has 1 N–H and O–H groups in total. The van der Waals surface area contributed by atoms with Crippen LogP contribution in [0.15, 0.2) is 42.5 Å². The number of carbonyl (C=O) groups is 2. The van der Waals surface area contributed by atoms with Crippen molar-refractivity contribution < 1.29 is 9.59 Å². The standard InChI is InChI=1S/C16H12Cl2N2O2/c17-8-7-15(21)20-13-4-2-1-3-11(13)16(22)19-12-9-10(18)5-6-14(12)20/h1-6,9H,7-8H2,(H,19,22). The molecule has 0 aromatic heterocycles. The summed E-state index contributed by atoms with van der Waals surface area (Å²) in [5.74, 6) is -0.246. The first-order valence-electron chi connectivity index (χ1n) is 6.70. The van der Waals surface area contributed by atoms with Crippen molar-refractivity contribution in [2.75, 3.05) is 16.1 Å². The average molecular weight is 335 g/mol. The van der Waals surface area contributed by atoms with Gasteiger partial charge in [-0.25, -0.2) is 0 Å². The Hall–Kier alpha value is -2.04. The van der Waals surface area contributed by atoms with Crippen molar-refractivity contribution in [3.05, 3.63) is 53.1 Å². The van der Waals surface area contributed by atoms with Crippen molar-refractivity contribution in [3.63, 3.8) is 0 Å². The Morgan fingerprint density at radius 1 is 1.14 bits per heavy atom. The van der Waals surface area contributed by atoms with E-state index in [1.54, 1.807) is 42.5 Å². The monoisotopic (exact) mass is 334 g/mol. The normalized spacial score (nSPS) is 13.0. The molecular weight excluding hydrogens is 323 g/mol.